The second-order valence-corrected chi connectivity index (χ2v) is 8.72. The van der Waals surface area contributed by atoms with Crippen LogP contribution in [0.25, 0.3) is 0 Å². The zero-order valence-corrected chi connectivity index (χ0v) is 18.5. The van der Waals surface area contributed by atoms with Gasteiger partial charge in [-0.25, -0.2) is 9.13 Å². The number of anilines is 1. The van der Waals surface area contributed by atoms with Crippen molar-refractivity contribution in [1.29, 1.82) is 0 Å². The van der Waals surface area contributed by atoms with Crippen molar-refractivity contribution in [3.8, 4) is 0 Å². The number of nitrogens with zero attached hydrogens (tertiary/aromatic N) is 7. The van der Waals surface area contributed by atoms with E-state index in [1.54, 1.807) is 0 Å². The van der Waals surface area contributed by atoms with Gasteiger partial charge in [0.05, 0.1) is 64.2 Å². The number of rotatable bonds is 7. The van der Waals surface area contributed by atoms with E-state index in [-0.39, 0.29) is 0 Å². The van der Waals surface area contributed by atoms with Gasteiger partial charge in [0.15, 0.2) is 0 Å². The van der Waals surface area contributed by atoms with Crippen LogP contribution in [0.1, 0.15) is 6.92 Å². The number of azo groups is 1. The van der Waals surface area contributed by atoms with E-state index in [4.69, 9.17) is 11.6 Å². The van der Waals surface area contributed by atoms with Crippen LogP contribution in [0.4, 0.5) is 17.3 Å². The molecule has 2 bridgehead atoms. The molecule has 5 rings (SSSR count). The summed E-state index contributed by atoms with van der Waals surface area (Å²) in [7, 11) is 3.90. The van der Waals surface area contributed by atoms with Crippen LogP contribution in [0.3, 0.4) is 0 Å². The molecule has 0 amide bonds. The predicted octanol–water partition coefficient (Wildman–Crippen LogP) is 2.89. The van der Waals surface area contributed by atoms with Crippen molar-refractivity contribution >= 4 is 28.9 Å². The lowest BCUT2D eigenvalue weighted by Gasteiger charge is -2.51. The van der Waals surface area contributed by atoms with Gasteiger partial charge < -0.3 is 9.38 Å². The molecule has 0 atom stereocenters. The third-order valence-electron chi connectivity index (χ3n) is 6.59. The first-order valence-corrected chi connectivity index (χ1v) is 10.9. The topological polar surface area (TPSA) is 40.0 Å². The zero-order valence-electron chi connectivity index (χ0n) is 17.8. The maximum Gasteiger partial charge on any atom is 0.421 e. The minimum atomic E-state index is 0.639. The average Bonchev–Trinajstić information content (AvgIpc) is 3.06. The van der Waals surface area contributed by atoms with E-state index in [1.807, 2.05) is 47.8 Å². The number of benzene rings is 1. The third-order valence-corrected chi connectivity index (χ3v) is 6.89. The number of likely N-dealkylation sites (N-methyl/N-ethyl adjacent to an activating group) is 1. The molecule has 7 nitrogen and oxygen atoms in total. The summed E-state index contributed by atoms with van der Waals surface area (Å²) in [5, 5.41) is 9.37. The SMILES string of the molecule is CCN(CC[N+]12CCN(CC1)CC2)c1ccc(/N=N/c2n(C)cc[n+]2C)c(Cl)c1. The van der Waals surface area contributed by atoms with Gasteiger partial charge >= 0.3 is 5.95 Å². The molecule has 3 fully saturated rings. The Morgan fingerprint density at radius 3 is 2.48 bits per heavy atom. The lowest BCUT2D eigenvalue weighted by atomic mass is 10.1. The highest BCUT2D eigenvalue weighted by Crippen LogP contribution is 2.31. The molecule has 0 saturated carbocycles. The highest BCUT2D eigenvalue weighted by molar-refractivity contribution is 6.33. The number of piperazine rings is 3. The molecule has 1 aromatic heterocycles. The van der Waals surface area contributed by atoms with Crippen molar-refractivity contribution in [2.45, 2.75) is 6.92 Å². The number of aryl methyl sites for hydroxylation is 2. The van der Waals surface area contributed by atoms with Gasteiger partial charge in [-0.05, 0) is 25.1 Å². The maximum absolute atomic E-state index is 6.56. The number of halogens is 1. The minimum absolute atomic E-state index is 0.639. The minimum Gasteiger partial charge on any atom is -0.366 e. The van der Waals surface area contributed by atoms with Crippen molar-refractivity contribution in [2.75, 3.05) is 63.8 Å². The standard InChI is InChI=1S/C21H32ClN7/c1-4-28(12-16-29-13-9-27(10-14-29)11-15-29)18-5-6-20(19(22)17-18)23-24-21-25(2)7-8-26(21)3/h5-8,17H,4,9-16H2,1-3H3/q+2. The monoisotopic (exact) mass is 417 g/mol. The van der Waals surface area contributed by atoms with Crippen molar-refractivity contribution in [1.82, 2.24) is 9.47 Å². The summed E-state index contributed by atoms with van der Waals surface area (Å²) in [5.74, 6) is 0.774. The molecule has 0 unspecified atom stereocenters. The zero-order chi connectivity index (χ0) is 20.4. The quantitative estimate of drug-likeness (QED) is 0.395. The van der Waals surface area contributed by atoms with Crippen molar-refractivity contribution in [2.24, 2.45) is 24.3 Å². The highest BCUT2D eigenvalue weighted by atomic mass is 35.5. The fourth-order valence-corrected chi connectivity index (χ4v) is 4.68. The molecule has 4 heterocycles. The van der Waals surface area contributed by atoms with E-state index in [0.29, 0.717) is 10.7 Å². The lowest BCUT2D eigenvalue weighted by Crippen LogP contribution is -2.68. The van der Waals surface area contributed by atoms with Crippen LogP contribution in [0.5, 0.6) is 0 Å². The largest absolute Gasteiger partial charge is 0.421 e. The number of hydrogen-bond donors (Lipinski definition) is 0. The first-order valence-electron chi connectivity index (χ1n) is 10.5. The van der Waals surface area contributed by atoms with Crippen molar-refractivity contribution in [3.63, 3.8) is 0 Å². The summed E-state index contributed by atoms with van der Waals surface area (Å²) >= 11 is 6.56. The second-order valence-electron chi connectivity index (χ2n) is 8.31. The van der Waals surface area contributed by atoms with E-state index >= 15 is 0 Å². The molecular formula is C21H32ClN7+2. The fraction of sp³-hybridized carbons (Fsp3) is 0.571. The van der Waals surface area contributed by atoms with Crippen LogP contribution in [0.2, 0.25) is 5.02 Å². The molecular weight excluding hydrogens is 386 g/mol. The van der Waals surface area contributed by atoms with Crippen molar-refractivity contribution in [3.05, 3.63) is 35.6 Å². The number of fused-ring (bicyclic) bond motifs is 3. The molecule has 3 aliphatic heterocycles. The van der Waals surface area contributed by atoms with Gasteiger partial charge in [-0.15, -0.1) is 0 Å². The van der Waals surface area contributed by atoms with Gasteiger partial charge in [-0.3, -0.25) is 4.90 Å². The molecule has 0 N–H and O–H groups in total. The molecule has 0 radical (unpaired) electrons. The van der Waals surface area contributed by atoms with Gasteiger partial charge in [0, 0.05) is 37.0 Å². The van der Waals surface area contributed by atoms with Crippen LogP contribution in [-0.2, 0) is 14.1 Å². The summed E-state index contributed by atoms with van der Waals surface area (Å²) in [6.07, 6.45) is 3.90. The van der Waals surface area contributed by atoms with E-state index in [0.717, 1.165) is 24.7 Å². The smallest absolute Gasteiger partial charge is 0.366 e. The lowest BCUT2D eigenvalue weighted by molar-refractivity contribution is -0.939. The Balaban J connectivity index is 1.44. The van der Waals surface area contributed by atoms with E-state index < -0.39 is 0 Å². The van der Waals surface area contributed by atoms with Gasteiger partial charge in [0.25, 0.3) is 0 Å². The molecule has 3 saturated heterocycles. The first-order chi connectivity index (χ1) is 14.0. The normalized spacial score (nSPS) is 23.8. The Morgan fingerprint density at radius 2 is 1.90 bits per heavy atom. The average molecular weight is 418 g/mol. The third kappa shape index (κ3) is 4.32. The van der Waals surface area contributed by atoms with Crippen molar-refractivity contribution < 1.29 is 9.05 Å². The Kier molecular flexibility index (Phi) is 5.90. The summed E-state index contributed by atoms with van der Waals surface area (Å²) < 4.78 is 5.14. The van der Waals surface area contributed by atoms with Crippen LogP contribution in [0, 0.1) is 0 Å². The van der Waals surface area contributed by atoms with Crippen LogP contribution < -0.4 is 9.47 Å². The molecule has 0 spiro atoms. The first kappa shape index (κ1) is 20.3. The number of aromatic nitrogens is 2. The number of quaternary nitrogens is 1. The molecule has 8 heteroatoms. The van der Waals surface area contributed by atoms with Gasteiger partial charge in [-0.2, -0.15) is 0 Å². The molecule has 156 valence electrons. The Labute approximate surface area is 178 Å². The molecule has 3 aliphatic rings. The van der Waals surface area contributed by atoms with Gasteiger partial charge in [0.1, 0.15) is 5.69 Å². The van der Waals surface area contributed by atoms with E-state index in [9.17, 15) is 0 Å². The number of hydrogen-bond acceptors (Lipinski definition) is 4. The maximum atomic E-state index is 6.56. The molecule has 29 heavy (non-hydrogen) atoms. The summed E-state index contributed by atoms with van der Waals surface area (Å²) in [5.41, 5.74) is 1.86. The Morgan fingerprint density at radius 1 is 1.17 bits per heavy atom. The predicted molar refractivity (Wildman–Crippen MR) is 116 cm³/mol. The number of imidazole rings is 1. The van der Waals surface area contributed by atoms with Gasteiger partial charge in [0.2, 0.25) is 0 Å². The highest BCUT2D eigenvalue weighted by Gasteiger charge is 2.38. The Hall–Kier alpha value is -1.96. The van der Waals surface area contributed by atoms with E-state index in [1.165, 1.54) is 50.3 Å². The van der Waals surface area contributed by atoms with E-state index in [2.05, 4.69) is 33.0 Å². The van der Waals surface area contributed by atoms with Crippen LogP contribution in [0.15, 0.2) is 40.8 Å². The van der Waals surface area contributed by atoms with Gasteiger partial charge in [-0.1, -0.05) is 16.7 Å². The van der Waals surface area contributed by atoms with Crippen LogP contribution >= 0.6 is 11.6 Å². The molecule has 2 aromatic rings. The Bertz CT molecular complexity index is 850. The molecule has 1 aromatic carbocycles. The summed E-state index contributed by atoms with van der Waals surface area (Å²) in [6, 6.07) is 6.11. The summed E-state index contributed by atoms with van der Waals surface area (Å²) in [6.45, 7) is 13.1. The molecule has 0 aliphatic carbocycles. The second kappa shape index (κ2) is 8.42. The fourth-order valence-electron chi connectivity index (χ4n) is 4.46. The van der Waals surface area contributed by atoms with Crippen LogP contribution in [-0.4, -0.2) is 72.9 Å². The summed E-state index contributed by atoms with van der Waals surface area (Å²) in [4.78, 5) is 5.03.